The molecule has 0 aromatic heterocycles. The molecular weight excluding hydrogens is 290 g/mol. The number of carbonyl (C=O) groups excluding carboxylic acids is 1. The summed E-state index contributed by atoms with van der Waals surface area (Å²) in [4.78, 5) is 16.9. The van der Waals surface area contributed by atoms with E-state index in [9.17, 15) is 4.79 Å². The Labute approximate surface area is 138 Å². The largest absolute Gasteiger partial charge is 0.377 e. The Morgan fingerprint density at radius 3 is 2.57 bits per heavy atom. The summed E-state index contributed by atoms with van der Waals surface area (Å²) in [6, 6.07) is 7.34. The van der Waals surface area contributed by atoms with E-state index in [1.807, 2.05) is 25.7 Å². The van der Waals surface area contributed by atoms with Crippen LogP contribution in [0, 0.1) is 18.3 Å². The van der Waals surface area contributed by atoms with Gasteiger partial charge in [0.05, 0.1) is 24.3 Å². The molecule has 0 atom stereocenters. The van der Waals surface area contributed by atoms with E-state index in [1.54, 1.807) is 18.2 Å². The first-order chi connectivity index (χ1) is 11.0. The molecule has 124 valence electrons. The maximum absolute atomic E-state index is 12.6. The molecular formula is C18H25N3O2. The Morgan fingerprint density at radius 1 is 1.30 bits per heavy atom. The van der Waals surface area contributed by atoms with Crippen LogP contribution in [0.15, 0.2) is 18.2 Å². The van der Waals surface area contributed by atoms with Gasteiger partial charge in [0.25, 0.3) is 5.91 Å². The highest BCUT2D eigenvalue weighted by atomic mass is 16.5. The number of nitriles is 1. The Morgan fingerprint density at radius 2 is 2.00 bits per heavy atom. The topological polar surface area (TPSA) is 56.6 Å². The third-order valence-electron chi connectivity index (χ3n) is 4.10. The van der Waals surface area contributed by atoms with Crippen LogP contribution >= 0.6 is 0 Å². The molecule has 0 radical (unpaired) electrons. The normalized spacial score (nSPS) is 15.7. The SMILES string of the molecule is Cc1cc(C#N)ccc1C(=O)N1CCN(CCOC(C)C)CC1. The summed E-state index contributed by atoms with van der Waals surface area (Å²) in [5.74, 6) is 0.0603. The summed E-state index contributed by atoms with van der Waals surface area (Å²) >= 11 is 0. The van der Waals surface area contributed by atoms with Crippen LogP contribution in [0.4, 0.5) is 0 Å². The van der Waals surface area contributed by atoms with Crippen LogP contribution in [-0.2, 0) is 4.74 Å². The summed E-state index contributed by atoms with van der Waals surface area (Å²) in [6.45, 7) is 10.8. The van der Waals surface area contributed by atoms with Gasteiger partial charge in [0.15, 0.2) is 0 Å². The first kappa shape index (κ1) is 17.5. The molecule has 0 unspecified atom stereocenters. The molecule has 1 amide bonds. The number of ether oxygens (including phenoxy) is 1. The molecule has 5 heteroatoms. The summed E-state index contributed by atoms with van der Waals surface area (Å²) in [7, 11) is 0. The molecule has 1 aliphatic rings. The van der Waals surface area contributed by atoms with Crippen molar-refractivity contribution < 1.29 is 9.53 Å². The number of aryl methyl sites for hydroxylation is 1. The van der Waals surface area contributed by atoms with Gasteiger partial charge in [-0.05, 0) is 44.5 Å². The van der Waals surface area contributed by atoms with Crippen LogP contribution < -0.4 is 0 Å². The standard InChI is InChI=1S/C18H25N3O2/c1-14(2)23-11-10-20-6-8-21(9-7-20)18(22)17-5-4-16(13-19)12-15(17)3/h4-5,12,14H,6-11H2,1-3H3. The number of piperazine rings is 1. The van der Waals surface area contributed by atoms with E-state index in [1.165, 1.54) is 0 Å². The highest BCUT2D eigenvalue weighted by molar-refractivity contribution is 5.95. The van der Waals surface area contributed by atoms with Gasteiger partial charge in [0.1, 0.15) is 0 Å². The van der Waals surface area contributed by atoms with Crippen molar-refractivity contribution in [1.82, 2.24) is 9.80 Å². The van der Waals surface area contributed by atoms with Crippen molar-refractivity contribution >= 4 is 5.91 Å². The third-order valence-corrected chi connectivity index (χ3v) is 4.10. The molecule has 0 spiro atoms. The lowest BCUT2D eigenvalue weighted by molar-refractivity contribution is 0.0406. The van der Waals surface area contributed by atoms with Gasteiger partial charge in [0, 0.05) is 38.3 Å². The lowest BCUT2D eigenvalue weighted by atomic mass is 10.0. The van der Waals surface area contributed by atoms with Crippen molar-refractivity contribution in [2.75, 3.05) is 39.3 Å². The average molecular weight is 315 g/mol. The molecule has 1 aliphatic heterocycles. The Kier molecular flexibility index (Phi) is 6.14. The monoisotopic (exact) mass is 315 g/mol. The number of nitrogens with zero attached hydrogens (tertiary/aromatic N) is 3. The van der Waals surface area contributed by atoms with E-state index in [-0.39, 0.29) is 12.0 Å². The minimum absolute atomic E-state index is 0.0603. The summed E-state index contributed by atoms with van der Waals surface area (Å²) in [5, 5.41) is 8.91. The zero-order chi connectivity index (χ0) is 16.8. The van der Waals surface area contributed by atoms with Gasteiger partial charge in [-0.15, -0.1) is 0 Å². The molecule has 23 heavy (non-hydrogen) atoms. The van der Waals surface area contributed by atoms with Crippen LogP contribution in [0.3, 0.4) is 0 Å². The van der Waals surface area contributed by atoms with Gasteiger partial charge in [-0.1, -0.05) is 0 Å². The van der Waals surface area contributed by atoms with Gasteiger partial charge in [-0.25, -0.2) is 0 Å². The second kappa shape index (κ2) is 8.09. The van der Waals surface area contributed by atoms with Crippen LogP contribution in [0.5, 0.6) is 0 Å². The van der Waals surface area contributed by atoms with E-state index in [2.05, 4.69) is 11.0 Å². The number of hydrogen-bond acceptors (Lipinski definition) is 4. The van der Waals surface area contributed by atoms with Crippen molar-refractivity contribution in [2.24, 2.45) is 0 Å². The van der Waals surface area contributed by atoms with Crippen molar-refractivity contribution in [3.05, 3.63) is 34.9 Å². The molecule has 1 heterocycles. The zero-order valence-corrected chi connectivity index (χ0v) is 14.2. The van der Waals surface area contributed by atoms with Gasteiger partial charge in [-0.2, -0.15) is 5.26 Å². The van der Waals surface area contributed by atoms with Crippen molar-refractivity contribution in [2.45, 2.75) is 26.9 Å². The molecule has 1 fully saturated rings. The third kappa shape index (κ3) is 4.78. The van der Waals surface area contributed by atoms with Gasteiger partial charge in [-0.3, -0.25) is 9.69 Å². The minimum Gasteiger partial charge on any atom is -0.377 e. The molecule has 1 aromatic rings. The molecule has 5 nitrogen and oxygen atoms in total. The molecule has 1 saturated heterocycles. The summed E-state index contributed by atoms with van der Waals surface area (Å²) in [5.41, 5.74) is 2.15. The quantitative estimate of drug-likeness (QED) is 0.834. The highest BCUT2D eigenvalue weighted by Crippen LogP contribution is 2.15. The molecule has 0 saturated carbocycles. The molecule has 0 N–H and O–H groups in total. The van der Waals surface area contributed by atoms with Crippen molar-refractivity contribution in [1.29, 1.82) is 5.26 Å². The molecule has 2 rings (SSSR count). The van der Waals surface area contributed by atoms with E-state index in [0.29, 0.717) is 11.1 Å². The summed E-state index contributed by atoms with van der Waals surface area (Å²) < 4.78 is 5.58. The smallest absolute Gasteiger partial charge is 0.254 e. The van der Waals surface area contributed by atoms with Gasteiger partial charge >= 0.3 is 0 Å². The first-order valence-corrected chi connectivity index (χ1v) is 8.15. The Hall–Kier alpha value is -1.90. The highest BCUT2D eigenvalue weighted by Gasteiger charge is 2.23. The van der Waals surface area contributed by atoms with E-state index < -0.39 is 0 Å². The van der Waals surface area contributed by atoms with Crippen LogP contribution in [-0.4, -0.2) is 61.1 Å². The van der Waals surface area contributed by atoms with E-state index in [4.69, 9.17) is 10.00 Å². The number of benzene rings is 1. The van der Waals surface area contributed by atoms with Crippen LogP contribution in [0.2, 0.25) is 0 Å². The number of carbonyl (C=O) groups is 1. The van der Waals surface area contributed by atoms with Crippen LogP contribution in [0.25, 0.3) is 0 Å². The lowest BCUT2D eigenvalue weighted by Crippen LogP contribution is -2.49. The maximum Gasteiger partial charge on any atom is 0.254 e. The lowest BCUT2D eigenvalue weighted by Gasteiger charge is -2.35. The molecule has 0 aliphatic carbocycles. The predicted octanol–water partition coefficient (Wildman–Crippen LogP) is 2.05. The maximum atomic E-state index is 12.6. The zero-order valence-electron chi connectivity index (χ0n) is 14.2. The molecule has 1 aromatic carbocycles. The number of amides is 1. The fourth-order valence-electron chi connectivity index (χ4n) is 2.74. The fraction of sp³-hybridized carbons (Fsp3) is 0.556. The summed E-state index contributed by atoms with van der Waals surface area (Å²) in [6.07, 6.45) is 0.261. The van der Waals surface area contributed by atoms with Gasteiger partial charge < -0.3 is 9.64 Å². The number of rotatable bonds is 5. The van der Waals surface area contributed by atoms with Gasteiger partial charge in [0.2, 0.25) is 0 Å². The van der Waals surface area contributed by atoms with Crippen LogP contribution in [0.1, 0.15) is 35.3 Å². The second-order valence-electron chi connectivity index (χ2n) is 6.19. The van der Waals surface area contributed by atoms with Crippen molar-refractivity contribution in [3.63, 3.8) is 0 Å². The second-order valence-corrected chi connectivity index (χ2v) is 6.19. The predicted molar refractivity (Wildman–Crippen MR) is 89.3 cm³/mol. The van der Waals surface area contributed by atoms with Crippen molar-refractivity contribution in [3.8, 4) is 6.07 Å². The Balaban J connectivity index is 1.87. The first-order valence-electron chi connectivity index (χ1n) is 8.15. The minimum atomic E-state index is 0.0603. The average Bonchev–Trinajstić information content (AvgIpc) is 2.54. The number of hydrogen-bond donors (Lipinski definition) is 0. The van der Waals surface area contributed by atoms with E-state index in [0.717, 1.165) is 44.9 Å². The molecule has 0 bridgehead atoms. The van der Waals surface area contributed by atoms with E-state index >= 15 is 0 Å². The fourth-order valence-corrected chi connectivity index (χ4v) is 2.74. The Bertz CT molecular complexity index is 584.